The molecule has 0 aliphatic heterocycles. The molecule has 55 heavy (non-hydrogen) atoms. The first-order chi connectivity index (χ1) is 27.3. The first kappa shape index (κ1) is 31.4. The lowest BCUT2D eigenvalue weighted by Gasteiger charge is -2.28. The molecule has 10 aromatic rings. The van der Waals surface area contributed by atoms with E-state index in [0.717, 1.165) is 17.8 Å². The van der Waals surface area contributed by atoms with Crippen molar-refractivity contribution in [3.05, 3.63) is 217 Å². The zero-order valence-corrected chi connectivity index (χ0v) is 30.2. The van der Waals surface area contributed by atoms with Crippen LogP contribution in [0.1, 0.15) is 11.1 Å². The van der Waals surface area contributed by atoms with Crippen LogP contribution in [0.3, 0.4) is 0 Å². The highest BCUT2D eigenvalue weighted by molar-refractivity contribution is 6.06. The Morgan fingerprint density at radius 1 is 0.273 bits per heavy atom. The molecule has 0 bridgehead atoms. The van der Waals surface area contributed by atoms with E-state index in [-0.39, 0.29) is 0 Å². The Labute approximate surface area is 320 Å². The summed E-state index contributed by atoms with van der Waals surface area (Å²) < 4.78 is 0. The second-order valence-electron chi connectivity index (χ2n) is 14.5. The molecule has 0 amide bonds. The van der Waals surface area contributed by atoms with Crippen LogP contribution >= 0.6 is 0 Å². The van der Waals surface area contributed by atoms with E-state index in [9.17, 15) is 0 Å². The highest BCUT2D eigenvalue weighted by Crippen LogP contribution is 2.48. The molecule has 0 saturated heterocycles. The summed E-state index contributed by atoms with van der Waals surface area (Å²) in [5.41, 5.74) is 12.3. The SMILES string of the molecule is c1ccc2c(N(c3ccc4c(c3)Cc3cc(N(c5cccc6ccccc56)c5cccc6ccccc56)ccc3-4)c3cccc4ccccc34)cccc2c1. The smallest absolute Gasteiger partial charge is 0.0540 e. The minimum Gasteiger partial charge on any atom is -0.309 e. The molecule has 258 valence electrons. The van der Waals surface area contributed by atoms with E-state index in [1.165, 1.54) is 88.1 Å². The molecule has 11 rings (SSSR count). The average molecular weight is 701 g/mol. The summed E-state index contributed by atoms with van der Waals surface area (Å²) in [4.78, 5) is 4.92. The largest absolute Gasteiger partial charge is 0.309 e. The molecule has 1 aliphatic carbocycles. The van der Waals surface area contributed by atoms with Gasteiger partial charge in [-0.15, -0.1) is 0 Å². The van der Waals surface area contributed by atoms with Crippen LogP contribution < -0.4 is 9.80 Å². The predicted octanol–water partition coefficient (Wildman–Crippen LogP) is 14.8. The normalized spacial score (nSPS) is 11.9. The van der Waals surface area contributed by atoms with Gasteiger partial charge in [-0.2, -0.15) is 0 Å². The highest BCUT2D eigenvalue weighted by Gasteiger charge is 2.25. The minimum absolute atomic E-state index is 0.865. The van der Waals surface area contributed by atoms with Gasteiger partial charge in [-0.05, 0) is 98.8 Å². The Kier molecular flexibility index (Phi) is 7.28. The van der Waals surface area contributed by atoms with E-state index in [2.05, 4.69) is 216 Å². The van der Waals surface area contributed by atoms with Gasteiger partial charge in [0.1, 0.15) is 0 Å². The van der Waals surface area contributed by atoms with Gasteiger partial charge in [0, 0.05) is 32.9 Å². The minimum atomic E-state index is 0.865. The van der Waals surface area contributed by atoms with Gasteiger partial charge in [-0.1, -0.05) is 158 Å². The first-order valence-corrected chi connectivity index (χ1v) is 19.1. The van der Waals surface area contributed by atoms with Crippen LogP contribution in [0.5, 0.6) is 0 Å². The van der Waals surface area contributed by atoms with Gasteiger partial charge in [0.05, 0.1) is 22.7 Å². The Balaban J connectivity index is 1.06. The lowest BCUT2D eigenvalue weighted by Crippen LogP contribution is -2.11. The van der Waals surface area contributed by atoms with Crippen molar-refractivity contribution in [2.24, 2.45) is 0 Å². The van der Waals surface area contributed by atoms with Crippen LogP contribution in [-0.4, -0.2) is 0 Å². The molecule has 2 heteroatoms. The summed E-state index contributed by atoms with van der Waals surface area (Å²) in [7, 11) is 0. The molecule has 0 unspecified atom stereocenters. The number of nitrogens with zero attached hydrogens (tertiary/aromatic N) is 2. The summed E-state index contributed by atoms with van der Waals surface area (Å²) in [6.07, 6.45) is 0.865. The Morgan fingerprint density at radius 3 is 0.891 bits per heavy atom. The zero-order valence-electron chi connectivity index (χ0n) is 30.2. The topological polar surface area (TPSA) is 6.48 Å². The summed E-state index contributed by atoms with van der Waals surface area (Å²) in [6, 6.07) is 75.6. The van der Waals surface area contributed by atoms with Gasteiger partial charge in [-0.3, -0.25) is 0 Å². The first-order valence-electron chi connectivity index (χ1n) is 19.1. The number of fused-ring (bicyclic) bond motifs is 7. The molecule has 0 aromatic heterocycles. The van der Waals surface area contributed by atoms with E-state index in [1.807, 2.05) is 0 Å². The molecule has 0 N–H and O–H groups in total. The second kappa shape index (κ2) is 12.8. The van der Waals surface area contributed by atoms with Crippen LogP contribution in [-0.2, 0) is 6.42 Å². The average Bonchev–Trinajstić information content (AvgIpc) is 3.61. The highest BCUT2D eigenvalue weighted by atomic mass is 15.2. The van der Waals surface area contributed by atoms with Crippen LogP contribution in [0, 0.1) is 0 Å². The maximum Gasteiger partial charge on any atom is 0.0540 e. The molecule has 0 saturated carbocycles. The van der Waals surface area contributed by atoms with Gasteiger partial charge < -0.3 is 9.80 Å². The van der Waals surface area contributed by atoms with Crippen molar-refractivity contribution >= 4 is 77.2 Å². The van der Waals surface area contributed by atoms with E-state index in [1.54, 1.807) is 0 Å². The van der Waals surface area contributed by atoms with Gasteiger partial charge in [0.15, 0.2) is 0 Å². The van der Waals surface area contributed by atoms with Crippen molar-refractivity contribution in [1.29, 1.82) is 0 Å². The number of rotatable bonds is 6. The van der Waals surface area contributed by atoms with E-state index in [4.69, 9.17) is 0 Å². The van der Waals surface area contributed by atoms with Gasteiger partial charge in [0.25, 0.3) is 0 Å². The van der Waals surface area contributed by atoms with E-state index >= 15 is 0 Å². The van der Waals surface area contributed by atoms with Crippen LogP contribution in [0.15, 0.2) is 206 Å². The molecule has 1 aliphatic rings. The lowest BCUT2D eigenvalue weighted by atomic mass is 10.0. The Bertz CT molecular complexity index is 2710. The number of benzene rings is 10. The number of anilines is 6. The fraction of sp³-hybridized carbons (Fsp3) is 0.0189. The van der Waals surface area contributed by atoms with E-state index < -0.39 is 0 Å². The molecular formula is C53H36N2. The van der Waals surface area contributed by atoms with Crippen LogP contribution in [0.25, 0.3) is 54.2 Å². The van der Waals surface area contributed by atoms with Crippen molar-refractivity contribution in [3.8, 4) is 11.1 Å². The summed E-state index contributed by atoms with van der Waals surface area (Å²) in [6.45, 7) is 0. The third-order valence-corrected chi connectivity index (χ3v) is 11.4. The zero-order chi connectivity index (χ0) is 36.3. The van der Waals surface area contributed by atoms with Crippen LogP contribution in [0.4, 0.5) is 34.1 Å². The fourth-order valence-electron chi connectivity index (χ4n) is 8.89. The van der Waals surface area contributed by atoms with Gasteiger partial charge >= 0.3 is 0 Å². The predicted molar refractivity (Wildman–Crippen MR) is 234 cm³/mol. The lowest BCUT2D eigenvalue weighted by molar-refractivity contribution is 1.23. The summed E-state index contributed by atoms with van der Waals surface area (Å²) >= 11 is 0. The molecule has 10 aromatic carbocycles. The van der Waals surface area contributed by atoms with Crippen LogP contribution in [0.2, 0.25) is 0 Å². The Morgan fingerprint density at radius 2 is 0.564 bits per heavy atom. The number of hydrogen-bond acceptors (Lipinski definition) is 2. The van der Waals surface area contributed by atoms with Gasteiger partial charge in [0.2, 0.25) is 0 Å². The molecule has 0 fully saturated rings. The summed E-state index contributed by atoms with van der Waals surface area (Å²) in [5.74, 6) is 0. The third-order valence-electron chi connectivity index (χ3n) is 11.4. The van der Waals surface area contributed by atoms with Crippen molar-refractivity contribution in [1.82, 2.24) is 0 Å². The maximum atomic E-state index is 2.46. The second-order valence-corrected chi connectivity index (χ2v) is 14.5. The Hall–Kier alpha value is -7.16. The summed E-state index contributed by atoms with van der Waals surface area (Å²) in [5, 5.41) is 9.84. The molecule has 0 atom stereocenters. The van der Waals surface area contributed by atoms with Crippen molar-refractivity contribution < 1.29 is 0 Å². The fourth-order valence-corrected chi connectivity index (χ4v) is 8.89. The molecule has 0 spiro atoms. The van der Waals surface area contributed by atoms with Gasteiger partial charge in [-0.25, -0.2) is 0 Å². The standard InChI is InChI=1S/C53H36N2/c1-5-21-46-36(13-1)17-9-25-50(46)54(51-26-10-18-37-14-2-6-22-47(37)51)42-29-31-44-40(34-42)33-41-35-43(30-32-45(41)44)55(52-27-11-19-38-15-3-7-23-48(38)52)53-28-12-20-39-16-4-8-24-49(39)53/h1-32,34-35H,33H2. The third kappa shape index (κ3) is 5.18. The van der Waals surface area contributed by atoms with Crippen molar-refractivity contribution in [2.45, 2.75) is 6.42 Å². The molecule has 0 radical (unpaired) electrons. The quantitative estimate of drug-likeness (QED) is 0.170. The number of hydrogen-bond donors (Lipinski definition) is 0. The maximum absolute atomic E-state index is 2.46. The molecule has 0 heterocycles. The molecular weight excluding hydrogens is 665 g/mol. The molecule has 2 nitrogen and oxygen atoms in total. The van der Waals surface area contributed by atoms with Crippen molar-refractivity contribution in [3.63, 3.8) is 0 Å². The van der Waals surface area contributed by atoms with E-state index in [0.29, 0.717) is 0 Å². The monoisotopic (exact) mass is 700 g/mol. The van der Waals surface area contributed by atoms with Crippen molar-refractivity contribution in [2.75, 3.05) is 9.80 Å².